The average Bonchev–Trinajstić information content (AvgIpc) is 2.95. The Bertz CT molecular complexity index is 1020. The van der Waals surface area contributed by atoms with Crippen LogP contribution in [0.2, 0.25) is 0 Å². The van der Waals surface area contributed by atoms with Gasteiger partial charge in [-0.3, -0.25) is 0 Å². The molecule has 4 nitrogen and oxygen atoms in total. The Morgan fingerprint density at radius 3 is 1.69 bits per heavy atom. The van der Waals surface area contributed by atoms with Gasteiger partial charge >= 0.3 is 5.97 Å². The molecule has 0 saturated carbocycles. The summed E-state index contributed by atoms with van der Waals surface area (Å²) in [4.78, 5) is 0. The summed E-state index contributed by atoms with van der Waals surface area (Å²) in [6.07, 6.45) is 0. The standard InChI is InChI=1S/C25H36O4/c1-13-14(2)20-18(17-15(3)16(4)26-19(13)17)21(5,6)22(7,8)25(27-20)28-23(9,10)24(11,12)29-25/h1-12H3. The van der Waals surface area contributed by atoms with E-state index in [2.05, 4.69) is 76.2 Å². The van der Waals surface area contributed by atoms with E-state index in [1.165, 1.54) is 16.5 Å². The number of hydrogen-bond donors (Lipinski definition) is 0. The minimum absolute atomic E-state index is 0.297. The monoisotopic (exact) mass is 400 g/mol. The zero-order valence-corrected chi connectivity index (χ0v) is 20.1. The molecule has 29 heavy (non-hydrogen) atoms. The highest BCUT2D eigenvalue weighted by Crippen LogP contribution is 2.64. The van der Waals surface area contributed by atoms with E-state index in [-0.39, 0.29) is 5.41 Å². The van der Waals surface area contributed by atoms with Gasteiger partial charge in [0.25, 0.3) is 0 Å². The van der Waals surface area contributed by atoms with Gasteiger partial charge in [0.15, 0.2) is 0 Å². The van der Waals surface area contributed by atoms with Gasteiger partial charge in [-0.15, -0.1) is 0 Å². The summed E-state index contributed by atoms with van der Waals surface area (Å²) >= 11 is 0. The normalized spacial score (nSPS) is 25.2. The Balaban J connectivity index is 2.10. The molecule has 1 spiro atoms. The molecule has 2 aromatic rings. The summed E-state index contributed by atoms with van der Waals surface area (Å²) in [6.45, 7) is 25.6. The molecule has 0 amide bonds. The van der Waals surface area contributed by atoms with Gasteiger partial charge in [-0.25, -0.2) is 0 Å². The van der Waals surface area contributed by atoms with Crippen molar-refractivity contribution in [3.8, 4) is 5.75 Å². The van der Waals surface area contributed by atoms with Crippen LogP contribution in [0.4, 0.5) is 0 Å². The van der Waals surface area contributed by atoms with E-state index in [4.69, 9.17) is 18.6 Å². The predicted molar refractivity (Wildman–Crippen MR) is 116 cm³/mol. The van der Waals surface area contributed by atoms with Crippen LogP contribution in [0, 0.1) is 33.1 Å². The molecule has 1 aromatic carbocycles. The van der Waals surface area contributed by atoms with Crippen LogP contribution in [0.25, 0.3) is 11.0 Å². The SMILES string of the molecule is Cc1oc2c(C)c(C)c3c(c2c1C)C(C)(C)C(C)(C)C1(O3)OC(C)(C)C(C)(C)O1. The predicted octanol–water partition coefficient (Wildman–Crippen LogP) is 6.62. The molecule has 3 heterocycles. The van der Waals surface area contributed by atoms with Gasteiger partial charge in [0, 0.05) is 16.4 Å². The summed E-state index contributed by atoms with van der Waals surface area (Å²) in [5, 5.41) is 1.17. The lowest BCUT2D eigenvalue weighted by Crippen LogP contribution is -2.62. The zero-order chi connectivity index (χ0) is 21.9. The van der Waals surface area contributed by atoms with Crippen LogP contribution in [0.3, 0.4) is 0 Å². The van der Waals surface area contributed by atoms with E-state index in [1.807, 2.05) is 6.92 Å². The van der Waals surface area contributed by atoms with Crippen molar-refractivity contribution in [1.82, 2.24) is 0 Å². The van der Waals surface area contributed by atoms with E-state index >= 15 is 0 Å². The molecule has 0 atom stereocenters. The topological polar surface area (TPSA) is 40.8 Å². The number of fused-ring (bicyclic) bond motifs is 3. The summed E-state index contributed by atoms with van der Waals surface area (Å²) in [5.41, 5.74) is 3.77. The molecule has 1 saturated heterocycles. The minimum Gasteiger partial charge on any atom is -0.461 e. The maximum Gasteiger partial charge on any atom is 0.334 e. The van der Waals surface area contributed by atoms with Crippen LogP contribution in [-0.4, -0.2) is 17.2 Å². The second-order valence-electron chi connectivity index (χ2n) is 11.1. The number of hydrogen-bond acceptors (Lipinski definition) is 4. The van der Waals surface area contributed by atoms with Crippen molar-refractivity contribution in [2.24, 2.45) is 5.41 Å². The highest BCUT2D eigenvalue weighted by Gasteiger charge is 2.71. The van der Waals surface area contributed by atoms with Gasteiger partial charge in [0.2, 0.25) is 0 Å². The summed E-state index contributed by atoms with van der Waals surface area (Å²) < 4.78 is 26.4. The molecule has 1 fully saturated rings. The Morgan fingerprint density at radius 2 is 1.17 bits per heavy atom. The fourth-order valence-electron chi connectivity index (χ4n) is 4.75. The van der Waals surface area contributed by atoms with E-state index in [0.717, 1.165) is 28.2 Å². The van der Waals surface area contributed by atoms with Crippen LogP contribution in [0.15, 0.2) is 4.42 Å². The molecule has 2 aliphatic rings. The quantitative estimate of drug-likeness (QED) is 0.498. The van der Waals surface area contributed by atoms with Crippen LogP contribution in [0.5, 0.6) is 5.75 Å². The molecule has 1 aromatic heterocycles. The number of furan rings is 1. The third-order valence-corrected chi connectivity index (χ3v) is 8.52. The van der Waals surface area contributed by atoms with Crippen molar-refractivity contribution in [2.45, 2.75) is 106 Å². The van der Waals surface area contributed by atoms with Gasteiger partial charge in [0.05, 0.1) is 16.6 Å². The third kappa shape index (κ3) is 2.22. The van der Waals surface area contributed by atoms with E-state index in [9.17, 15) is 0 Å². The third-order valence-electron chi connectivity index (χ3n) is 8.52. The van der Waals surface area contributed by atoms with E-state index in [0.29, 0.717) is 0 Å². The fraction of sp³-hybridized carbons (Fsp3) is 0.680. The summed E-state index contributed by atoms with van der Waals surface area (Å²) in [5.74, 6) is 0.658. The van der Waals surface area contributed by atoms with Gasteiger partial charge < -0.3 is 18.6 Å². The first-order valence-electron chi connectivity index (χ1n) is 10.6. The molecular weight excluding hydrogens is 364 g/mol. The van der Waals surface area contributed by atoms with Gasteiger partial charge in [-0.05, 0) is 72.1 Å². The lowest BCUT2D eigenvalue weighted by molar-refractivity contribution is -0.381. The molecule has 160 valence electrons. The zero-order valence-electron chi connectivity index (χ0n) is 20.1. The van der Waals surface area contributed by atoms with Crippen LogP contribution >= 0.6 is 0 Å². The highest BCUT2D eigenvalue weighted by atomic mass is 16.9. The second kappa shape index (κ2) is 5.39. The van der Waals surface area contributed by atoms with Gasteiger partial charge in [-0.2, -0.15) is 0 Å². The average molecular weight is 401 g/mol. The van der Waals surface area contributed by atoms with E-state index < -0.39 is 22.6 Å². The Hall–Kier alpha value is -1.52. The number of rotatable bonds is 0. The summed E-state index contributed by atoms with van der Waals surface area (Å²) in [7, 11) is 0. The number of aryl methyl sites for hydroxylation is 3. The molecule has 0 aliphatic carbocycles. The highest BCUT2D eigenvalue weighted by molar-refractivity contribution is 5.93. The number of benzene rings is 1. The van der Waals surface area contributed by atoms with E-state index in [1.54, 1.807) is 0 Å². The van der Waals surface area contributed by atoms with Crippen LogP contribution in [-0.2, 0) is 14.9 Å². The maximum atomic E-state index is 6.80. The van der Waals surface area contributed by atoms with Crippen molar-refractivity contribution in [3.05, 3.63) is 28.0 Å². The number of ether oxygens (including phenoxy) is 3. The first kappa shape index (κ1) is 20.7. The first-order valence-corrected chi connectivity index (χ1v) is 10.6. The first-order chi connectivity index (χ1) is 13.0. The van der Waals surface area contributed by atoms with Crippen molar-refractivity contribution >= 4 is 11.0 Å². The smallest absolute Gasteiger partial charge is 0.334 e. The molecule has 0 bridgehead atoms. The minimum atomic E-state index is -1.17. The molecule has 0 radical (unpaired) electrons. The summed E-state index contributed by atoms with van der Waals surface area (Å²) in [6, 6.07) is 0. The molecule has 0 unspecified atom stereocenters. The molecule has 4 heteroatoms. The Morgan fingerprint density at radius 1 is 0.655 bits per heavy atom. The molecule has 0 N–H and O–H groups in total. The molecule has 2 aliphatic heterocycles. The van der Waals surface area contributed by atoms with Crippen molar-refractivity contribution in [3.63, 3.8) is 0 Å². The largest absolute Gasteiger partial charge is 0.461 e. The van der Waals surface area contributed by atoms with Crippen molar-refractivity contribution < 1.29 is 18.6 Å². The van der Waals surface area contributed by atoms with Gasteiger partial charge in [-0.1, -0.05) is 27.7 Å². The van der Waals surface area contributed by atoms with Crippen molar-refractivity contribution in [2.75, 3.05) is 0 Å². The fourth-order valence-corrected chi connectivity index (χ4v) is 4.75. The van der Waals surface area contributed by atoms with Crippen LogP contribution < -0.4 is 4.74 Å². The van der Waals surface area contributed by atoms with Crippen molar-refractivity contribution in [1.29, 1.82) is 0 Å². The molecular formula is C25H36O4. The lowest BCUT2D eigenvalue weighted by Gasteiger charge is -2.55. The van der Waals surface area contributed by atoms with Gasteiger partial charge in [0.1, 0.15) is 17.1 Å². The maximum absolute atomic E-state index is 6.80. The molecule has 4 rings (SSSR count). The second-order valence-corrected chi connectivity index (χ2v) is 11.1. The Labute approximate surface area is 174 Å². The van der Waals surface area contributed by atoms with Crippen LogP contribution in [0.1, 0.15) is 83.4 Å². The Kier molecular flexibility index (Phi) is 3.85. The lowest BCUT2D eigenvalue weighted by atomic mass is 9.59.